The Morgan fingerprint density at radius 2 is 2.07 bits per heavy atom. The smallest absolute Gasteiger partial charge is 0.0658 e. The van der Waals surface area contributed by atoms with Crippen molar-refractivity contribution in [3.8, 4) is 0 Å². The second kappa shape index (κ2) is 4.74. The Balaban J connectivity index is 3.00. The monoisotopic (exact) mass is 192 g/mol. The van der Waals surface area contributed by atoms with Gasteiger partial charge in [-0.25, -0.2) is 5.01 Å². The van der Waals surface area contributed by atoms with E-state index in [1.165, 1.54) is 5.01 Å². The maximum absolute atomic E-state index is 10.7. The minimum absolute atomic E-state index is 0.147. The Morgan fingerprint density at radius 1 is 1.43 bits per heavy atom. The summed E-state index contributed by atoms with van der Waals surface area (Å²) in [5.74, 6) is 0. The van der Waals surface area contributed by atoms with Gasteiger partial charge >= 0.3 is 0 Å². The fraction of sp³-hybridized carbons (Fsp3) is 0.455. The summed E-state index contributed by atoms with van der Waals surface area (Å²) in [5.41, 5.74) is 1.98. The largest absolute Gasteiger partial charge is 0.226 e. The number of anilines is 1. The van der Waals surface area contributed by atoms with E-state index in [2.05, 4.69) is 5.29 Å². The second-order valence-electron chi connectivity index (χ2n) is 3.47. The summed E-state index contributed by atoms with van der Waals surface area (Å²) in [4.78, 5) is 10.7. The number of hydrogen-bond donors (Lipinski definition) is 0. The molecule has 0 aromatic heterocycles. The zero-order chi connectivity index (χ0) is 10.6. The SMILES string of the molecule is CCC(C)N(N=O)c1ccccc1C. The Labute approximate surface area is 84.7 Å². The van der Waals surface area contributed by atoms with E-state index in [9.17, 15) is 4.91 Å². The molecule has 14 heavy (non-hydrogen) atoms. The lowest BCUT2D eigenvalue weighted by Gasteiger charge is -2.23. The molecule has 0 N–H and O–H groups in total. The molecule has 0 heterocycles. The van der Waals surface area contributed by atoms with Gasteiger partial charge in [0.15, 0.2) is 0 Å². The Kier molecular flexibility index (Phi) is 3.63. The van der Waals surface area contributed by atoms with E-state index in [0.717, 1.165) is 17.7 Å². The molecule has 0 saturated carbocycles. The average molecular weight is 192 g/mol. The van der Waals surface area contributed by atoms with Crippen LogP contribution in [0.1, 0.15) is 25.8 Å². The molecule has 0 radical (unpaired) electrons. The number of rotatable bonds is 4. The number of aryl methyl sites for hydroxylation is 1. The van der Waals surface area contributed by atoms with E-state index in [4.69, 9.17) is 0 Å². The van der Waals surface area contributed by atoms with Gasteiger partial charge in [-0.05, 0) is 31.9 Å². The molecule has 0 bridgehead atoms. The maximum Gasteiger partial charge on any atom is 0.0658 e. The molecule has 1 atom stereocenters. The number of nitroso groups, excluding NO2 is 1. The molecule has 0 aliphatic carbocycles. The van der Waals surface area contributed by atoms with E-state index >= 15 is 0 Å². The summed E-state index contributed by atoms with van der Waals surface area (Å²) in [6, 6.07) is 7.92. The Hall–Kier alpha value is -1.38. The molecule has 1 rings (SSSR count). The molecular formula is C11H16N2O. The van der Waals surface area contributed by atoms with Crippen molar-refractivity contribution >= 4 is 5.69 Å². The normalized spacial score (nSPS) is 12.2. The van der Waals surface area contributed by atoms with Gasteiger partial charge < -0.3 is 0 Å². The summed E-state index contributed by atoms with van der Waals surface area (Å²) < 4.78 is 0. The first kappa shape index (κ1) is 10.7. The molecule has 3 heteroatoms. The zero-order valence-corrected chi connectivity index (χ0v) is 8.90. The van der Waals surface area contributed by atoms with Crippen molar-refractivity contribution in [3.05, 3.63) is 34.7 Å². The molecular weight excluding hydrogens is 176 g/mol. The predicted octanol–water partition coefficient (Wildman–Crippen LogP) is 3.28. The lowest BCUT2D eigenvalue weighted by atomic mass is 10.1. The van der Waals surface area contributed by atoms with Crippen LogP contribution in [-0.2, 0) is 0 Å². The molecule has 3 nitrogen and oxygen atoms in total. The molecule has 76 valence electrons. The minimum atomic E-state index is 0.147. The summed E-state index contributed by atoms with van der Waals surface area (Å²) >= 11 is 0. The zero-order valence-electron chi connectivity index (χ0n) is 8.90. The van der Waals surface area contributed by atoms with Crippen LogP contribution in [0.15, 0.2) is 29.6 Å². The maximum atomic E-state index is 10.7. The van der Waals surface area contributed by atoms with E-state index in [1.807, 2.05) is 45.0 Å². The number of para-hydroxylation sites is 1. The quantitative estimate of drug-likeness (QED) is 0.541. The van der Waals surface area contributed by atoms with Gasteiger partial charge in [-0.1, -0.05) is 25.1 Å². The fourth-order valence-electron chi connectivity index (χ4n) is 1.36. The first-order valence-electron chi connectivity index (χ1n) is 4.88. The van der Waals surface area contributed by atoms with Crippen molar-refractivity contribution in [3.63, 3.8) is 0 Å². The highest BCUT2D eigenvalue weighted by atomic mass is 16.3. The van der Waals surface area contributed by atoms with Crippen molar-refractivity contribution in [1.82, 2.24) is 0 Å². The molecule has 1 aromatic rings. The third-order valence-corrected chi connectivity index (χ3v) is 2.46. The first-order valence-corrected chi connectivity index (χ1v) is 4.88. The van der Waals surface area contributed by atoms with Gasteiger partial charge in [-0.3, -0.25) is 0 Å². The fourth-order valence-corrected chi connectivity index (χ4v) is 1.36. The van der Waals surface area contributed by atoms with E-state index in [1.54, 1.807) is 0 Å². The van der Waals surface area contributed by atoms with E-state index < -0.39 is 0 Å². The summed E-state index contributed by atoms with van der Waals surface area (Å²) in [5, 5.41) is 4.61. The summed E-state index contributed by atoms with van der Waals surface area (Å²) in [6.07, 6.45) is 0.903. The van der Waals surface area contributed by atoms with Crippen LogP contribution < -0.4 is 5.01 Å². The summed E-state index contributed by atoms with van der Waals surface area (Å²) in [6.45, 7) is 6.02. The molecule has 0 aliphatic rings. The van der Waals surface area contributed by atoms with Crippen LogP contribution in [-0.4, -0.2) is 6.04 Å². The van der Waals surface area contributed by atoms with Crippen molar-refractivity contribution in [2.75, 3.05) is 5.01 Å². The third kappa shape index (κ3) is 2.10. The first-order chi connectivity index (χ1) is 6.70. The lowest BCUT2D eigenvalue weighted by Crippen LogP contribution is -2.27. The molecule has 0 aliphatic heterocycles. The van der Waals surface area contributed by atoms with Gasteiger partial charge in [0, 0.05) is 0 Å². The van der Waals surface area contributed by atoms with Crippen molar-refractivity contribution in [2.24, 2.45) is 5.29 Å². The third-order valence-electron chi connectivity index (χ3n) is 2.46. The van der Waals surface area contributed by atoms with Crippen LogP contribution in [0.3, 0.4) is 0 Å². The Morgan fingerprint density at radius 3 is 2.57 bits per heavy atom. The highest BCUT2D eigenvalue weighted by Crippen LogP contribution is 2.22. The topological polar surface area (TPSA) is 32.7 Å². The van der Waals surface area contributed by atoms with Crippen LogP contribution in [0.4, 0.5) is 5.69 Å². The molecule has 1 unspecified atom stereocenters. The van der Waals surface area contributed by atoms with Crippen LogP contribution in [0.2, 0.25) is 0 Å². The molecule has 0 fully saturated rings. The van der Waals surface area contributed by atoms with Crippen LogP contribution in [0.25, 0.3) is 0 Å². The van der Waals surface area contributed by atoms with Crippen LogP contribution in [0.5, 0.6) is 0 Å². The van der Waals surface area contributed by atoms with E-state index in [-0.39, 0.29) is 6.04 Å². The van der Waals surface area contributed by atoms with Gasteiger partial charge in [-0.15, -0.1) is 4.91 Å². The van der Waals surface area contributed by atoms with Gasteiger partial charge in [0.2, 0.25) is 0 Å². The molecule has 0 spiro atoms. The molecule has 1 aromatic carbocycles. The van der Waals surface area contributed by atoms with Gasteiger partial charge in [0.1, 0.15) is 0 Å². The van der Waals surface area contributed by atoms with Gasteiger partial charge in [0.05, 0.1) is 17.0 Å². The second-order valence-corrected chi connectivity index (χ2v) is 3.47. The van der Waals surface area contributed by atoms with Gasteiger partial charge in [0.25, 0.3) is 0 Å². The highest BCUT2D eigenvalue weighted by Gasteiger charge is 2.14. The molecule has 0 amide bonds. The van der Waals surface area contributed by atoms with Crippen molar-refractivity contribution in [1.29, 1.82) is 0 Å². The Bertz CT molecular complexity index is 312. The van der Waals surface area contributed by atoms with Crippen molar-refractivity contribution < 1.29 is 0 Å². The predicted molar refractivity (Wildman–Crippen MR) is 59.2 cm³/mol. The number of nitrogens with zero attached hydrogens (tertiary/aromatic N) is 2. The number of hydrogen-bond acceptors (Lipinski definition) is 2. The average Bonchev–Trinajstić information content (AvgIpc) is 2.21. The van der Waals surface area contributed by atoms with Crippen molar-refractivity contribution in [2.45, 2.75) is 33.2 Å². The van der Waals surface area contributed by atoms with Crippen LogP contribution in [0, 0.1) is 11.8 Å². The van der Waals surface area contributed by atoms with Crippen LogP contribution >= 0.6 is 0 Å². The lowest BCUT2D eigenvalue weighted by molar-refractivity contribution is 0.631. The minimum Gasteiger partial charge on any atom is -0.226 e. The van der Waals surface area contributed by atoms with Gasteiger partial charge in [-0.2, -0.15) is 0 Å². The highest BCUT2D eigenvalue weighted by molar-refractivity contribution is 5.52. The summed E-state index contributed by atoms with van der Waals surface area (Å²) in [7, 11) is 0. The van der Waals surface area contributed by atoms with E-state index in [0.29, 0.717) is 0 Å². The molecule has 0 saturated heterocycles. The standard InChI is InChI=1S/C11H16N2O/c1-4-10(3)13(12-14)11-8-6-5-7-9(11)2/h5-8,10H,4H2,1-3H3. The number of benzene rings is 1.